The fraction of sp³-hybridized carbons (Fsp3) is 0.417. The van der Waals surface area contributed by atoms with Crippen molar-refractivity contribution in [2.45, 2.75) is 51.2 Å². The Morgan fingerprint density at radius 3 is 2.86 bits per heavy atom. The monoisotopic (exact) mass is 390 g/mol. The zero-order chi connectivity index (χ0) is 20.2. The van der Waals surface area contributed by atoms with Gasteiger partial charge in [0.05, 0.1) is 0 Å². The van der Waals surface area contributed by atoms with E-state index >= 15 is 0 Å². The van der Waals surface area contributed by atoms with E-state index in [0.717, 1.165) is 53.8 Å². The lowest BCUT2D eigenvalue weighted by Crippen LogP contribution is -2.69. The van der Waals surface area contributed by atoms with Crippen LogP contribution in [0.25, 0.3) is 0 Å². The van der Waals surface area contributed by atoms with Crippen molar-refractivity contribution in [1.82, 2.24) is 5.32 Å². The molecule has 2 amide bonds. The third-order valence-corrected chi connectivity index (χ3v) is 6.83. The fourth-order valence-electron chi connectivity index (χ4n) is 5.43. The Bertz CT molecular complexity index is 1000. The third-order valence-electron chi connectivity index (χ3n) is 6.83. The van der Waals surface area contributed by atoms with Crippen LogP contribution in [0, 0.1) is 25.7 Å². The topological polar surface area (TPSA) is 67.4 Å². The summed E-state index contributed by atoms with van der Waals surface area (Å²) in [7, 11) is 0. The number of hydrogen-bond acceptors (Lipinski definition) is 3. The number of piperidine rings is 1. The standard InChI is InChI=1S/C24H26N2O3/c1-14-10-11-15(2)18(13-14)25-22(27)21-20-16-7-3-4-9-19(16)29-24(26-23(21)28)12-6-5-8-17(20)24/h3-4,7,9-11,13,17,20-21H,5-6,8,12H2,1-2H3,(H,25,27)(H,26,28)/t17?,20?,21?,24-/m0/s1. The number of amides is 2. The van der Waals surface area contributed by atoms with E-state index in [4.69, 9.17) is 4.74 Å². The molecule has 5 rings (SSSR count). The van der Waals surface area contributed by atoms with Gasteiger partial charge in [-0.3, -0.25) is 9.59 Å². The van der Waals surface area contributed by atoms with Crippen molar-refractivity contribution in [1.29, 1.82) is 0 Å². The Morgan fingerprint density at radius 1 is 1.17 bits per heavy atom. The van der Waals surface area contributed by atoms with Gasteiger partial charge in [-0.05, 0) is 55.5 Å². The SMILES string of the molecule is Cc1ccc(C)c(NC(=O)C2C(=O)N[C@]34CCCCC3C2c2ccccc2O4)c1. The van der Waals surface area contributed by atoms with Gasteiger partial charge < -0.3 is 15.4 Å². The van der Waals surface area contributed by atoms with Gasteiger partial charge in [-0.2, -0.15) is 0 Å². The first kappa shape index (κ1) is 18.2. The molecule has 2 aliphatic heterocycles. The first-order valence-corrected chi connectivity index (χ1v) is 10.5. The molecule has 2 heterocycles. The largest absolute Gasteiger partial charge is 0.467 e. The number of ether oxygens (including phenoxy) is 1. The second-order valence-corrected chi connectivity index (χ2v) is 8.68. The summed E-state index contributed by atoms with van der Waals surface area (Å²) in [6, 6.07) is 13.8. The molecule has 5 nitrogen and oxygen atoms in total. The number of para-hydroxylation sites is 1. The lowest BCUT2D eigenvalue weighted by Gasteiger charge is -2.56. The van der Waals surface area contributed by atoms with E-state index < -0.39 is 11.6 Å². The summed E-state index contributed by atoms with van der Waals surface area (Å²) in [5.74, 6) is -0.503. The van der Waals surface area contributed by atoms with Crippen molar-refractivity contribution in [2.75, 3.05) is 5.32 Å². The van der Waals surface area contributed by atoms with Gasteiger partial charge in [-0.1, -0.05) is 36.8 Å². The number of carbonyl (C=O) groups is 2. The maximum Gasteiger partial charge on any atom is 0.237 e. The normalized spacial score (nSPS) is 29.7. The minimum absolute atomic E-state index is 0.109. The van der Waals surface area contributed by atoms with Crippen molar-refractivity contribution in [3.05, 3.63) is 59.2 Å². The van der Waals surface area contributed by atoms with E-state index in [9.17, 15) is 9.59 Å². The van der Waals surface area contributed by atoms with Crippen LogP contribution in [-0.2, 0) is 9.59 Å². The molecule has 1 aliphatic carbocycles. The number of benzene rings is 2. The number of hydrogen-bond donors (Lipinski definition) is 2. The molecule has 2 aromatic carbocycles. The molecule has 150 valence electrons. The molecule has 4 atom stereocenters. The average molecular weight is 390 g/mol. The Labute approximate surface area is 170 Å². The molecule has 3 aliphatic rings. The highest BCUT2D eigenvalue weighted by atomic mass is 16.5. The Balaban J connectivity index is 1.56. The molecule has 3 unspecified atom stereocenters. The van der Waals surface area contributed by atoms with Gasteiger partial charge in [0.25, 0.3) is 0 Å². The van der Waals surface area contributed by atoms with Gasteiger partial charge in [-0.15, -0.1) is 0 Å². The molecule has 1 saturated heterocycles. The van der Waals surface area contributed by atoms with E-state index in [-0.39, 0.29) is 23.7 Å². The molecular formula is C24H26N2O3. The Kier molecular flexibility index (Phi) is 4.16. The molecule has 2 bridgehead atoms. The molecule has 2 aromatic rings. The molecule has 5 heteroatoms. The van der Waals surface area contributed by atoms with Crippen LogP contribution in [0.4, 0.5) is 5.69 Å². The van der Waals surface area contributed by atoms with Crippen LogP contribution >= 0.6 is 0 Å². The number of anilines is 1. The second-order valence-electron chi connectivity index (χ2n) is 8.68. The van der Waals surface area contributed by atoms with Gasteiger partial charge in [-0.25, -0.2) is 0 Å². The molecule has 0 spiro atoms. The zero-order valence-corrected chi connectivity index (χ0v) is 16.8. The van der Waals surface area contributed by atoms with E-state index in [1.807, 2.05) is 56.3 Å². The van der Waals surface area contributed by atoms with Gasteiger partial charge in [0.1, 0.15) is 11.7 Å². The smallest absolute Gasteiger partial charge is 0.237 e. The third kappa shape index (κ3) is 2.83. The summed E-state index contributed by atoms with van der Waals surface area (Å²) in [6.45, 7) is 3.96. The summed E-state index contributed by atoms with van der Waals surface area (Å²) < 4.78 is 6.38. The van der Waals surface area contributed by atoms with Crippen molar-refractivity contribution >= 4 is 17.5 Å². The predicted molar refractivity (Wildman–Crippen MR) is 111 cm³/mol. The minimum Gasteiger partial charge on any atom is -0.467 e. The van der Waals surface area contributed by atoms with E-state index in [0.29, 0.717) is 0 Å². The number of aryl methyl sites for hydroxylation is 2. The van der Waals surface area contributed by atoms with Crippen molar-refractivity contribution in [3.63, 3.8) is 0 Å². The van der Waals surface area contributed by atoms with Gasteiger partial charge in [0, 0.05) is 23.9 Å². The number of carbonyl (C=O) groups excluding carboxylic acids is 2. The molecule has 2 N–H and O–H groups in total. The molecule has 0 aromatic heterocycles. The van der Waals surface area contributed by atoms with Crippen molar-refractivity contribution in [2.24, 2.45) is 11.8 Å². The Morgan fingerprint density at radius 2 is 2.00 bits per heavy atom. The van der Waals surface area contributed by atoms with Crippen molar-refractivity contribution < 1.29 is 14.3 Å². The number of fused-ring (bicyclic) bond motifs is 2. The van der Waals surface area contributed by atoms with E-state index in [1.165, 1.54) is 0 Å². The van der Waals surface area contributed by atoms with Gasteiger partial charge in [0.15, 0.2) is 5.72 Å². The van der Waals surface area contributed by atoms with E-state index in [1.54, 1.807) is 0 Å². The van der Waals surface area contributed by atoms with Gasteiger partial charge >= 0.3 is 0 Å². The molecule has 0 radical (unpaired) electrons. The first-order chi connectivity index (χ1) is 14.0. The maximum absolute atomic E-state index is 13.4. The average Bonchev–Trinajstić information content (AvgIpc) is 2.69. The highest BCUT2D eigenvalue weighted by Gasteiger charge is 2.60. The predicted octanol–water partition coefficient (Wildman–Crippen LogP) is 4.05. The number of nitrogens with one attached hydrogen (secondary N) is 2. The van der Waals surface area contributed by atoms with Crippen LogP contribution in [0.5, 0.6) is 5.75 Å². The van der Waals surface area contributed by atoms with Crippen LogP contribution in [0.1, 0.15) is 48.3 Å². The second kappa shape index (κ2) is 6.61. The van der Waals surface area contributed by atoms with Crippen LogP contribution in [0.15, 0.2) is 42.5 Å². The summed E-state index contributed by atoms with van der Waals surface area (Å²) in [5.41, 5.74) is 3.13. The van der Waals surface area contributed by atoms with Crippen LogP contribution in [0.2, 0.25) is 0 Å². The van der Waals surface area contributed by atoms with Crippen LogP contribution in [-0.4, -0.2) is 17.5 Å². The van der Waals surface area contributed by atoms with Crippen LogP contribution in [0.3, 0.4) is 0 Å². The maximum atomic E-state index is 13.4. The summed E-state index contributed by atoms with van der Waals surface area (Å²) in [4.78, 5) is 26.6. The summed E-state index contributed by atoms with van der Waals surface area (Å²) in [6.07, 6.45) is 3.85. The molecule has 1 saturated carbocycles. The van der Waals surface area contributed by atoms with E-state index in [2.05, 4.69) is 10.6 Å². The fourth-order valence-corrected chi connectivity index (χ4v) is 5.43. The molecular weight excluding hydrogens is 364 g/mol. The quantitative estimate of drug-likeness (QED) is 0.760. The lowest BCUT2D eigenvalue weighted by molar-refractivity contribution is -0.160. The Hall–Kier alpha value is -2.82. The summed E-state index contributed by atoms with van der Waals surface area (Å²) >= 11 is 0. The van der Waals surface area contributed by atoms with Gasteiger partial charge in [0.2, 0.25) is 11.8 Å². The lowest BCUT2D eigenvalue weighted by atomic mass is 9.62. The minimum atomic E-state index is -0.767. The summed E-state index contributed by atoms with van der Waals surface area (Å²) in [5, 5.41) is 6.16. The van der Waals surface area contributed by atoms with Crippen molar-refractivity contribution in [3.8, 4) is 5.75 Å². The first-order valence-electron chi connectivity index (χ1n) is 10.5. The highest BCUT2D eigenvalue weighted by molar-refractivity contribution is 6.08. The molecule has 2 fully saturated rings. The molecule has 29 heavy (non-hydrogen) atoms. The number of rotatable bonds is 2. The zero-order valence-electron chi connectivity index (χ0n) is 16.8. The highest BCUT2D eigenvalue weighted by Crippen LogP contribution is 2.55. The van der Waals surface area contributed by atoms with Crippen LogP contribution < -0.4 is 15.4 Å².